The van der Waals surface area contributed by atoms with Crippen LogP contribution < -0.4 is 16.0 Å². The summed E-state index contributed by atoms with van der Waals surface area (Å²) in [5.41, 5.74) is -0.234. The van der Waals surface area contributed by atoms with Gasteiger partial charge in [-0.2, -0.15) is 0 Å². The average Bonchev–Trinajstić information content (AvgIpc) is 3.05. The van der Waals surface area contributed by atoms with Crippen LogP contribution in [-0.2, 0) is 13.6 Å². The monoisotopic (exact) mass is 411 g/mol. The number of ether oxygens (including phenoxy) is 1. The molecule has 0 radical (unpaired) electrons. The van der Waals surface area contributed by atoms with Gasteiger partial charge in [-0.15, -0.1) is 0 Å². The van der Waals surface area contributed by atoms with Crippen molar-refractivity contribution in [3.05, 3.63) is 69.3 Å². The van der Waals surface area contributed by atoms with Crippen molar-refractivity contribution in [2.24, 2.45) is 7.05 Å². The molecule has 1 aromatic carbocycles. The summed E-state index contributed by atoms with van der Waals surface area (Å²) in [4.78, 5) is 35.4. The first kappa shape index (κ1) is 19.5. The van der Waals surface area contributed by atoms with Gasteiger partial charge in [-0.05, 0) is 37.3 Å². The van der Waals surface area contributed by atoms with Crippen LogP contribution in [0.1, 0.15) is 6.92 Å². The maximum Gasteiger partial charge on any atom is 0.330 e. The molecule has 154 valence electrons. The van der Waals surface area contributed by atoms with Gasteiger partial charge >= 0.3 is 5.69 Å². The van der Waals surface area contributed by atoms with Crippen LogP contribution in [0.15, 0.2) is 52.2 Å². The second-order valence-corrected chi connectivity index (χ2v) is 6.83. The highest BCUT2D eigenvalue weighted by Gasteiger charge is 2.18. The molecule has 0 amide bonds. The summed E-state index contributed by atoms with van der Waals surface area (Å²) in [6.45, 7) is 1.53. The highest BCUT2D eigenvalue weighted by atomic mass is 19.1. The van der Waals surface area contributed by atoms with Crippen LogP contribution in [-0.4, -0.2) is 35.3 Å². The van der Waals surface area contributed by atoms with Crippen molar-refractivity contribution in [2.45, 2.75) is 19.6 Å². The fraction of sp³-hybridized carbons (Fsp3) is 0.200. The van der Waals surface area contributed by atoms with Crippen molar-refractivity contribution in [1.29, 1.82) is 0 Å². The lowest BCUT2D eigenvalue weighted by Crippen LogP contribution is -2.33. The lowest BCUT2D eigenvalue weighted by atomic mass is 10.2. The summed E-state index contributed by atoms with van der Waals surface area (Å²) in [6.07, 6.45) is 0.720. The van der Waals surface area contributed by atoms with Crippen molar-refractivity contribution in [3.8, 4) is 23.0 Å². The zero-order valence-corrected chi connectivity index (χ0v) is 16.2. The van der Waals surface area contributed by atoms with Crippen LogP contribution in [0, 0.1) is 5.82 Å². The minimum absolute atomic E-state index is 0.00867. The van der Waals surface area contributed by atoms with E-state index in [0.717, 1.165) is 0 Å². The van der Waals surface area contributed by atoms with Gasteiger partial charge in [0.2, 0.25) is 5.88 Å². The number of aliphatic hydroxyl groups excluding tert-OH is 1. The van der Waals surface area contributed by atoms with Crippen LogP contribution in [0.2, 0.25) is 0 Å². The van der Waals surface area contributed by atoms with E-state index in [4.69, 9.17) is 4.74 Å². The third kappa shape index (κ3) is 3.60. The standard InChI is InChI=1S/C20H18FN5O4/c1-11(27)10-26-18-16(19(28)24-20(26)29)25(2)17(23-18)12-3-8-15(22-9-12)30-14-6-4-13(21)5-7-14/h3-9,11,27H,10H2,1-2H3,(H,24,28,29). The second-order valence-electron chi connectivity index (χ2n) is 6.83. The number of hydrogen-bond donors (Lipinski definition) is 2. The van der Waals surface area contributed by atoms with Crippen LogP contribution >= 0.6 is 0 Å². The third-order valence-corrected chi connectivity index (χ3v) is 4.49. The number of pyridine rings is 1. The topological polar surface area (TPSA) is 115 Å². The van der Waals surface area contributed by atoms with Gasteiger partial charge in [-0.25, -0.2) is 19.2 Å². The Bertz CT molecular complexity index is 1320. The van der Waals surface area contributed by atoms with E-state index >= 15 is 0 Å². The van der Waals surface area contributed by atoms with E-state index in [1.54, 1.807) is 23.7 Å². The summed E-state index contributed by atoms with van der Waals surface area (Å²) in [5, 5.41) is 9.69. The number of H-pyrrole nitrogens is 1. The Morgan fingerprint density at radius 2 is 1.93 bits per heavy atom. The van der Waals surface area contributed by atoms with E-state index in [1.165, 1.54) is 42.0 Å². The first-order valence-corrected chi connectivity index (χ1v) is 9.11. The van der Waals surface area contributed by atoms with Gasteiger partial charge in [-0.3, -0.25) is 14.3 Å². The van der Waals surface area contributed by atoms with E-state index in [9.17, 15) is 19.1 Å². The summed E-state index contributed by atoms with van der Waals surface area (Å²) in [5.74, 6) is 0.791. The molecule has 1 unspecified atom stereocenters. The van der Waals surface area contributed by atoms with Gasteiger partial charge < -0.3 is 14.4 Å². The Kier molecular flexibility index (Phi) is 4.92. The lowest BCUT2D eigenvalue weighted by molar-refractivity contribution is 0.173. The Labute approximate surface area is 169 Å². The SMILES string of the molecule is CC(O)Cn1c(=O)[nH]c(=O)c2c1nc(-c1ccc(Oc3ccc(F)cc3)nc1)n2C. The van der Waals surface area contributed by atoms with Gasteiger partial charge in [0, 0.05) is 24.9 Å². The van der Waals surface area contributed by atoms with E-state index in [1.807, 2.05) is 0 Å². The van der Waals surface area contributed by atoms with Crippen molar-refractivity contribution in [3.63, 3.8) is 0 Å². The Balaban J connectivity index is 1.73. The van der Waals surface area contributed by atoms with Gasteiger partial charge in [0.1, 0.15) is 17.4 Å². The molecule has 0 aliphatic heterocycles. The maximum absolute atomic E-state index is 13.0. The van der Waals surface area contributed by atoms with Crippen LogP contribution in [0.4, 0.5) is 4.39 Å². The molecule has 4 rings (SSSR count). The molecule has 0 bridgehead atoms. The smallest absolute Gasteiger partial charge is 0.330 e. The number of rotatable bonds is 5. The molecule has 0 aliphatic carbocycles. The van der Waals surface area contributed by atoms with Crippen molar-refractivity contribution in [1.82, 2.24) is 24.1 Å². The molecule has 0 spiro atoms. The van der Waals surface area contributed by atoms with Crippen LogP contribution in [0.25, 0.3) is 22.6 Å². The van der Waals surface area contributed by atoms with E-state index in [0.29, 0.717) is 23.0 Å². The predicted octanol–water partition coefficient (Wildman–Crippen LogP) is 1.80. The number of fused-ring (bicyclic) bond motifs is 1. The zero-order chi connectivity index (χ0) is 21.4. The number of imidazole rings is 1. The zero-order valence-electron chi connectivity index (χ0n) is 16.2. The van der Waals surface area contributed by atoms with Gasteiger partial charge in [-0.1, -0.05) is 0 Å². The average molecular weight is 411 g/mol. The van der Waals surface area contributed by atoms with Crippen molar-refractivity contribution < 1.29 is 14.2 Å². The van der Waals surface area contributed by atoms with Crippen LogP contribution in [0.3, 0.4) is 0 Å². The largest absolute Gasteiger partial charge is 0.439 e. The molecule has 0 fully saturated rings. The Hall–Kier alpha value is -3.79. The number of hydrogen-bond acceptors (Lipinski definition) is 6. The first-order valence-electron chi connectivity index (χ1n) is 9.11. The number of halogens is 1. The highest BCUT2D eigenvalue weighted by molar-refractivity contribution is 5.76. The van der Waals surface area contributed by atoms with Crippen molar-refractivity contribution >= 4 is 11.2 Å². The molecular formula is C20H18FN5O4. The number of nitrogens with one attached hydrogen (secondary N) is 1. The molecule has 3 aromatic heterocycles. The minimum atomic E-state index is -0.799. The number of aliphatic hydroxyl groups is 1. The number of benzene rings is 1. The first-order chi connectivity index (χ1) is 14.3. The molecule has 2 N–H and O–H groups in total. The van der Waals surface area contributed by atoms with E-state index in [-0.39, 0.29) is 23.5 Å². The molecule has 9 nitrogen and oxygen atoms in total. The summed E-state index contributed by atoms with van der Waals surface area (Å²) in [6, 6.07) is 8.87. The fourth-order valence-corrected chi connectivity index (χ4v) is 3.13. The van der Waals surface area contributed by atoms with Gasteiger partial charge in [0.25, 0.3) is 5.56 Å². The highest BCUT2D eigenvalue weighted by Crippen LogP contribution is 2.24. The Morgan fingerprint density at radius 1 is 1.20 bits per heavy atom. The number of aromatic nitrogens is 5. The van der Waals surface area contributed by atoms with Crippen molar-refractivity contribution in [2.75, 3.05) is 0 Å². The molecule has 4 aromatic rings. The Morgan fingerprint density at radius 3 is 2.57 bits per heavy atom. The summed E-state index contributed by atoms with van der Waals surface area (Å²) >= 11 is 0. The van der Waals surface area contributed by atoms with Gasteiger partial charge in [0.15, 0.2) is 11.2 Å². The molecule has 0 aliphatic rings. The fourth-order valence-electron chi connectivity index (χ4n) is 3.13. The lowest BCUT2D eigenvalue weighted by Gasteiger charge is -2.07. The summed E-state index contributed by atoms with van der Waals surface area (Å²) < 4.78 is 21.4. The molecule has 30 heavy (non-hydrogen) atoms. The molecule has 0 saturated heterocycles. The maximum atomic E-state index is 13.0. The second kappa shape index (κ2) is 7.56. The number of aryl methyl sites for hydroxylation is 1. The summed E-state index contributed by atoms with van der Waals surface area (Å²) in [7, 11) is 1.65. The number of aromatic amines is 1. The van der Waals surface area contributed by atoms with Gasteiger partial charge in [0.05, 0.1) is 12.6 Å². The molecule has 1 atom stereocenters. The van der Waals surface area contributed by atoms with Crippen LogP contribution in [0.5, 0.6) is 11.6 Å². The third-order valence-electron chi connectivity index (χ3n) is 4.49. The molecule has 3 heterocycles. The van der Waals surface area contributed by atoms with E-state index < -0.39 is 17.4 Å². The normalized spacial score (nSPS) is 12.3. The molecule has 10 heteroatoms. The molecular weight excluding hydrogens is 393 g/mol. The molecule has 0 saturated carbocycles. The minimum Gasteiger partial charge on any atom is -0.439 e. The van der Waals surface area contributed by atoms with E-state index in [2.05, 4.69) is 15.0 Å². The quantitative estimate of drug-likeness (QED) is 0.518. The number of nitrogens with zero attached hydrogens (tertiary/aromatic N) is 4. The predicted molar refractivity (Wildman–Crippen MR) is 107 cm³/mol.